The van der Waals surface area contributed by atoms with E-state index in [2.05, 4.69) is 43.9 Å². The second-order valence-electron chi connectivity index (χ2n) is 6.83. The van der Waals surface area contributed by atoms with Crippen molar-refractivity contribution in [2.75, 3.05) is 13.6 Å². The minimum atomic E-state index is -0.307. The molecule has 0 aliphatic carbocycles. The molecule has 9 heteroatoms. The van der Waals surface area contributed by atoms with Gasteiger partial charge in [-0.1, -0.05) is 37.3 Å². The van der Waals surface area contributed by atoms with Gasteiger partial charge in [0.1, 0.15) is 30.3 Å². The van der Waals surface area contributed by atoms with E-state index < -0.39 is 0 Å². The van der Waals surface area contributed by atoms with Gasteiger partial charge in [0, 0.05) is 19.7 Å². The summed E-state index contributed by atoms with van der Waals surface area (Å²) in [6.07, 6.45) is 3.91. The molecule has 0 aliphatic heterocycles. The smallest absolute Gasteiger partial charge is 0.191 e. The highest BCUT2D eigenvalue weighted by molar-refractivity contribution is 14.0. The van der Waals surface area contributed by atoms with E-state index in [-0.39, 0.29) is 35.9 Å². The molecule has 1 heterocycles. The summed E-state index contributed by atoms with van der Waals surface area (Å²) >= 11 is 0. The fraction of sp³-hybridized carbons (Fsp3) is 0.318. The Balaban J connectivity index is 0.00000341. The Bertz CT molecular complexity index is 951. The highest BCUT2D eigenvalue weighted by Gasteiger charge is 2.10. The largest absolute Gasteiger partial charge is 0.489 e. The van der Waals surface area contributed by atoms with Crippen molar-refractivity contribution in [2.45, 2.75) is 32.5 Å². The monoisotopic (exact) mass is 538 g/mol. The van der Waals surface area contributed by atoms with E-state index in [1.54, 1.807) is 30.2 Å². The summed E-state index contributed by atoms with van der Waals surface area (Å²) < 4.78 is 21.0. The maximum Gasteiger partial charge on any atom is 0.191 e. The van der Waals surface area contributed by atoms with E-state index >= 15 is 0 Å². The van der Waals surface area contributed by atoms with Crippen molar-refractivity contribution in [3.05, 3.63) is 78.1 Å². The molecule has 1 unspecified atom stereocenters. The molecule has 0 fully saturated rings. The predicted molar refractivity (Wildman–Crippen MR) is 130 cm³/mol. The molecule has 0 saturated heterocycles. The third-order valence-electron chi connectivity index (χ3n) is 4.54. The van der Waals surface area contributed by atoms with Crippen LogP contribution in [0.1, 0.15) is 24.5 Å². The molecule has 0 aliphatic rings. The number of hydrogen-bond acceptors (Lipinski definition) is 4. The van der Waals surface area contributed by atoms with E-state index in [9.17, 15) is 4.39 Å². The molecule has 3 rings (SSSR count). The van der Waals surface area contributed by atoms with Crippen LogP contribution in [0.25, 0.3) is 0 Å². The molecule has 2 N–H and O–H groups in total. The standard InChI is InChI=1S/C22H27FN6O.HI/c1-3-20(30-21-9-5-8-19(23)11-21)13-27-22(24-2)26-12-17-6-4-7-18(10-17)14-29-16-25-15-28-29;/h4-11,15-16,20H,3,12-14H2,1-2H3,(H2,24,26,27);1H. The second-order valence-corrected chi connectivity index (χ2v) is 6.83. The summed E-state index contributed by atoms with van der Waals surface area (Å²) in [5.74, 6) is 0.896. The van der Waals surface area contributed by atoms with E-state index in [0.717, 1.165) is 17.5 Å². The molecule has 0 amide bonds. The molecule has 166 valence electrons. The summed E-state index contributed by atoms with van der Waals surface area (Å²) in [5.41, 5.74) is 2.29. The lowest BCUT2D eigenvalue weighted by Crippen LogP contribution is -2.42. The van der Waals surface area contributed by atoms with E-state index in [0.29, 0.717) is 31.3 Å². The van der Waals surface area contributed by atoms with Crippen molar-refractivity contribution in [3.8, 4) is 5.75 Å². The van der Waals surface area contributed by atoms with Crippen LogP contribution in [-0.4, -0.2) is 40.4 Å². The van der Waals surface area contributed by atoms with E-state index in [1.807, 2.05) is 13.0 Å². The number of rotatable bonds is 9. The summed E-state index contributed by atoms with van der Waals surface area (Å²) in [6, 6.07) is 14.5. The van der Waals surface area contributed by atoms with Gasteiger partial charge in [-0.3, -0.25) is 4.99 Å². The highest BCUT2D eigenvalue weighted by atomic mass is 127. The zero-order valence-corrected chi connectivity index (χ0v) is 20.0. The Labute approximate surface area is 199 Å². The summed E-state index contributed by atoms with van der Waals surface area (Å²) in [7, 11) is 1.73. The Morgan fingerprint density at radius 3 is 2.68 bits per heavy atom. The number of benzene rings is 2. The number of aromatic nitrogens is 3. The van der Waals surface area contributed by atoms with Crippen LogP contribution in [0, 0.1) is 5.82 Å². The third-order valence-corrected chi connectivity index (χ3v) is 4.54. The molecule has 0 saturated carbocycles. The topological polar surface area (TPSA) is 76.4 Å². The van der Waals surface area contributed by atoms with Gasteiger partial charge in [-0.25, -0.2) is 14.1 Å². The molecule has 31 heavy (non-hydrogen) atoms. The third kappa shape index (κ3) is 8.16. The molecular weight excluding hydrogens is 510 g/mol. The van der Waals surface area contributed by atoms with Crippen molar-refractivity contribution in [2.24, 2.45) is 4.99 Å². The van der Waals surface area contributed by atoms with Crippen LogP contribution >= 0.6 is 24.0 Å². The van der Waals surface area contributed by atoms with Gasteiger partial charge in [0.05, 0.1) is 13.1 Å². The predicted octanol–water partition coefficient (Wildman–Crippen LogP) is 3.61. The molecule has 1 atom stereocenters. The van der Waals surface area contributed by atoms with Crippen LogP contribution in [0.15, 0.2) is 66.2 Å². The van der Waals surface area contributed by atoms with Gasteiger partial charge in [-0.15, -0.1) is 24.0 Å². The average Bonchev–Trinajstić information content (AvgIpc) is 3.26. The first-order chi connectivity index (χ1) is 14.7. The maximum absolute atomic E-state index is 13.4. The number of guanidine groups is 1. The number of aliphatic imine (C=N–C) groups is 1. The molecule has 0 spiro atoms. The molecule has 0 bridgehead atoms. The fourth-order valence-electron chi connectivity index (χ4n) is 2.96. The van der Waals surface area contributed by atoms with Gasteiger partial charge in [0.15, 0.2) is 5.96 Å². The van der Waals surface area contributed by atoms with Crippen LogP contribution in [0.2, 0.25) is 0 Å². The number of ether oxygens (including phenoxy) is 1. The number of nitrogens with zero attached hydrogens (tertiary/aromatic N) is 4. The zero-order valence-electron chi connectivity index (χ0n) is 17.7. The van der Waals surface area contributed by atoms with Crippen LogP contribution in [0.3, 0.4) is 0 Å². The molecule has 7 nitrogen and oxygen atoms in total. The van der Waals surface area contributed by atoms with Gasteiger partial charge < -0.3 is 15.4 Å². The van der Waals surface area contributed by atoms with Crippen molar-refractivity contribution >= 4 is 29.9 Å². The first kappa shape index (κ1) is 24.6. The Morgan fingerprint density at radius 2 is 1.97 bits per heavy atom. The Morgan fingerprint density at radius 1 is 1.16 bits per heavy atom. The molecule has 1 aromatic heterocycles. The lowest BCUT2D eigenvalue weighted by atomic mass is 10.1. The first-order valence-electron chi connectivity index (χ1n) is 9.93. The maximum atomic E-state index is 13.4. The number of nitrogens with one attached hydrogen (secondary N) is 2. The van der Waals surface area contributed by atoms with E-state index in [4.69, 9.17) is 4.74 Å². The number of hydrogen-bond donors (Lipinski definition) is 2. The normalized spacial score (nSPS) is 12.0. The summed E-state index contributed by atoms with van der Waals surface area (Å²) in [4.78, 5) is 8.24. The van der Waals surface area contributed by atoms with Crippen molar-refractivity contribution in [1.82, 2.24) is 25.4 Å². The van der Waals surface area contributed by atoms with Crippen molar-refractivity contribution in [3.63, 3.8) is 0 Å². The van der Waals surface area contributed by atoms with Crippen LogP contribution in [-0.2, 0) is 13.1 Å². The molecule has 2 aromatic carbocycles. The average molecular weight is 538 g/mol. The molecular formula is C22H28FIN6O. The van der Waals surface area contributed by atoms with Crippen molar-refractivity contribution in [1.29, 1.82) is 0 Å². The van der Waals surface area contributed by atoms with Gasteiger partial charge in [-0.05, 0) is 29.7 Å². The Kier molecular flexibility index (Phi) is 10.2. The lowest BCUT2D eigenvalue weighted by Gasteiger charge is -2.20. The summed E-state index contributed by atoms with van der Waals surface area (Å²) in [6.45, 7) is 3.89. The number of halogens is 2. The minimum Gasteiger partial charge on any atom is -0.489 e. The van der Waals surface area contributed by atoms with E-state index in [1.165, 1.54) is 18.5 Å². The Hall–Kier alpha value is -2.69. The molecule has 0 radical (unpaired) electrons. The van der Waals surface area contributed by atoms with Gasteiger partial charge >= 0.3 is 0 Å². The fourth-order valence-corrected chi connectivity index (χ4v) is 2.96. The van der Waals surface area contributed by atoms with Gasteiger partial charge in [0.2, 0.25) is 0 Å². The van der Waals surface area contributed by atoms with Gasteiger partial charge in [-0.2, -0.15) is 5.10 Å². The molecule has 3 aromatic rings. The van der Waals surface area contributed by atoms with Crippen LogP contribution in [0.4, 0.5) is 4.39 Å². The second kappa shape index (κ2) is 12.9. The van der Waals surface area contributed by atoms with Crippen LogP contribution in [0.5, 0.6) is 5.75 Å². The lowest BCUT2D eigenvalue weighted by molar-refractivity contribution is 0.199. The SMILES string of the molecule is CCC(CNC(=NC)NCc1cccc(Cn2cncn2)c1)Oc1cccc(F)c1.I. The highest BCUT2D eigenvalue weighted by Crippen LogP contribution is 2.14. The minimum absolute atomic E-state index is 0. The quantitative estimate of drug-likeness (QED) is 0.248. The van der Waals surface area contributed by atoms with Crippen molar-refractivity contribution < 1.29 is 9.13 Å². The van der Waals surface area contributed by atoms with Crippen LogP contribution < -0.4 is 15.4 Å². The first-order valence-corrected chi connectivity index (χ1v) is 9.93. The van der Waals surface area contributed by atoms with Gasteiger partial charge in [0.25, 0.3) is 0 Å². The zero-order chi connectivity index (χ0) is 21.2. The summed E-state index contributed by atoms with van der Waals surface area (Å²) in [5, 5.41) is 10.7.